The predicted octanol–water partition coefficient (Wildman–Crippen LogP) is 2.05. The molecule has 0 aliphatic rings. The van der Waals surface area contributed by atoms with Crippen LogP contribution in [-0.4, -0.2) is 29.9 Å². The molecule has 19 heavy (non-hydrogen) atoms. The number of aromatic nitrogens is 2. The van der Waals surface area contributed by atoms with Gasteiger partial charge in [0.25, 0.3) is 0 Å². The Balaban J connectivity index is 2.18. The molecule has 1 heterocycles. The van der Waals surface area contributed by atoms with E-state index in [1.807, 2.05) is 0 Å². The molecule has 1 unspecified atom stereocenters. The van der Waals surface area contributed by atoms with E-state index < -0.39 is 5.82 Å². The Hall–Kier alpha value is -1.50. The van der Waals surface area contributed by atoms with Crippen LogP contribution >= 0.6 is 11.6 Å². The van der Waals surface area contributed by atoms with E-state index in [1.54, 1.807) is 7.11 Å². The lowest BCUT2D eigenvalue weighted by Gasteiger charge is -2.08. The molecule has 7 heteroatoms. The lowest BCUT2D eigenvalue weighted by molar-refractivity contribution is 0.102. The standard InChI is InChI=1S/C12H13ClFN3O2/c1-18-8(6-15)5-11-16-12(17-19-11)7-2-3-10(14)9(13)4-7/h2-4,8H,5-6,15H2,1H3. The molecule has 1 aromatic carbocycles. The SMILES string of the molecule is COC(CN)Cc1nc(-c2ccc(F)c(Cl)c2)no1. The molecule has 0 saturated heterocycles. The van der Waals surface area contributed by atoms with Crippen LogP contribution in [0.5, 0.6) is 0 Å². The van der Waals surface area contributed by atoms with Crippen molar-refractivity contribution < 1.29 is 13.7 Å². The number of rotatable bonds is 5. The van der Waals surface area contributed by atoms with Gasteiger partial charge in [0.15, 0.2) is 0 Å². The molecule has 5 nitrogen and oxygen atoms in total. The van der Waals surface area contributed by atoms with Gasteiger partial charge in [0, 0.05) is 19.2 Å². The van der Waals surface area contributed by atoms with Crippen LogP contribution in [0, 0.1) is 5.82 Å². The zero-order valence-corrected chi connectivity index (χ0v) is 11.0. The molecule has 0 spiro atoms. The molecule has 0 amide bonds. The van der Waals surface area contributed by atoms with Gasteiger partial charge in [-0.2, -0.15) is 4.98 Å². The highest BCUT2D eigenvalue weighted by Gasteiger charge is 2.14. The van der Waals surface area contributed by atoms with Gasteiger partial charge in [0.2, 0.25) is 11.7 Å². The van der Waals surface area contributed by atoms with E-state index in [0.29, 0.717) is 30.2 Å². The molecule has 102 valence electrons. The first-order valence-corrected chi connectivity index (χ1v) is 6.02. The second kappa shape index (κ2) is 6.10. The van der Waals surface area contributed by atoms with Gasteiger partial charge < -0.3 is 15.0 Å². The summed E-state index contributed by atoms with van der Waals surface area (Å²) in [6.07, 6.45) is 0.250. The third-order valence-corrected chi connectivity index (χ3v) is 2.93. The van der Waals surface area contributed by atoms with Crippen molar-refractivity contribution in [1.29, 1.82) is 0 Å². The van der Waals surface area contributed by atoms with Gasteiger partial charge in [0.05, 0.1) is 17.5 Å². The molecule has 0 radical (unpaired) electrons. The quantitative estimate of drug-likeness (QED) is 0.910. The Bertz CT molecular complexity index is 558. The van der Waals surface area contributed by atoms with Crippen molar-refractivity contribution in [1.82, 2.24) is 10.1 Å². The Morgan fingerprint density at radius 2 is 2.32 bits per heavy atom. The highest BCUT2D eigenvalue weighted by molar-refractivity contribution is 6.31. The van der Waals surface area contributed by atoms with E-state index in [-0.39, 0.29) is 11.1 Å². The minimum absolute atomic E-state index is 0.0144. The van der Waals surface area contributed by atoms with Crippen LogP contribution in [-0.2, 0) is 11.2 Å². The van der Waals surface area contributed by atoms with E-state index in [0.717, 1.165) is 0 Å². The van der Waals surface area contributed by atoms with E-state index in [4.69, 9.17) is 26.6 Å². The van der Waals surface area contributed by atoms with Crippen LogP contribution < -0.4 is 5.73 Å². The predicted molar refractivity (Wildman–Crippen MR) is 68.3 cm³/mol. The number of methoxy groups -OCH3 is 1. The maximum atomic E-state index is 13.1. The number of benzene rings is 1. The number of nitrogens with zero attached hydrogens (tertiary/aromatic N) is 2. The first-order valence-electron chi connectivity index (χ1n) is 5.65. The number of nitrogens with two attached hydrogens (primary N) is 1. The van der Waals surface area contributed by atoms with Gasteiger partial charge in [-0.1, -0.05) is 16.8 Å². The zero-order chi connectivity index (χ0) is 13.8. The zero-order valence-electron chi connectivity index (χ0n) is 10.3. The molecule has 0 saturated carbocycles. The number of ether oxygens (including phenoxy) is 1. The average Bonchev–Trinajstić information content (AvgIpc) is 2.87. The Labute approximate surface area is 114 Å². The molecule has 0 aliphatic carbocycles. The summed E-state index contributed by atoms with van der Waals surface area (Å²) >= 11 is 5.70. The van der Waals surface area contributed by atoms with Crippen molar-refractivity contribution in [2.45, 2.75) is 12.5 Å². The van der Waals surface area contributed by atoms with Gasteiger partial charge in [-0.15, -0.1) is 0 Å². The largest absolute Gasteiger partial charge is 0.380 e. The number of halogens is 2. The fourth-order valence-corrected chi connectivity index (χ4v) is 1.73. The van der Waals surface area contributed by atoms with E-state index in [2.05, 4.69) is 10.1 Å². The molecule has 2 rings (SSSR count). The molecule has 1 atom stereocenters. The van der Waals surface area contributed by atoms with Crippen LogP contribution in [0.25, 0.3) is 11.4 Å². The first kappa shape index (κ1) is 13.9. The number of hydrogen-bond donors (Lipinski definition) is 1. The summed E-state index contributed by atoms with van der Waals surface area (Å²) in [7, 11) is 1.56. The molecule has 0 bridgehead atoms. The summed E-state index contributed by atoms with van der Waals surface area (Å²) < 4.78 is 23.3. The van der Waals surface area contributed by atoms with Crippen molar-refractivity contribution in [2.24, 2.45) is 5.73 Å². The molecular formula is C12H13ClFN3O2. The first-order chi connectivity index (χ1) is 9.13. The minimum atomic E-state index is -0.489. The smallest absolute Gasteiger partial charge is 0.229 e. The second-order valence-corrected chi connectivity index (χ2v) is 4.35. The average molecular weight is 286 g/mol. The van der Waals surface area contributed by atoms with Crippen LogP contribution in [0.2, 0.25) is 5.02 Å². The highest BCUT2D eigenvalue weighted by Crippen LogP contribution is 2.23. The van der Waals surface area contributed by atoms with Crippen molar-refractivity contribution in [3.8, 4) is 11.4 Å². The third kappa shape index (κ3) is 3.28. The van der Waals surface area contributed by atoms with Crippen molar-refractivity contribution in [3.63, 3.8) is 0 Å². The van der Waals surface area contributed by atoms with E-state index >= 15 is 0 Å². The summed E-state index contributed by atoms with van der Waals surface area (Å²) in [5.41, 5.74) is 6.10. The van der Waals surface area contributed by atoms with Crippen LogP contribution in [0.4, 0.5) is 4.39 Å². The van der Waals surface area contributed by atoms with E-state index in [1.165, 1.54) is 18.2 Å². The van der Waals surface area contributed by atoms with Crippen molar-refractivity contribution >= 4 is 11.6 Å². The fraction of sp³-hybridized carbons (Fsp3) is 0.333. The molecule has 0 aliphatic heterocycles. The lowest BCUT2D eigenvalue weighted by Crippen LogP contribution is -2.24. The summed E-state index contributed by atoms with van der Waals surface area (Å²) in [5.74, 6) is 0.272. The van der Waals surface area contributed by atoms with Gasteiger partial charge in [-0.3, -0.25) is 0 Å². The summed E-state index contributed by atoms with van der Waals surface area (Å²) in [4.78, 5) is 4.19. The molecular weight excluding hydrogens is 273 g/mol. The van der Waals surface area contributed by atoms with Gasteiger partial charge >= 0.3 is 0 Å². The molecule has 2 aromatic rings. The fourth-order valence-electron chi connectivity index (χ4n) is 1.55. The Morgan fingerprint density at radius 1 is 1.53 bits per heavy atom. The maximum absolute atomic E-state index is 13.1. The third-order valence-electron chi connectivity index (χ3n) is 2.64. The van der Waals surface area contributed by atoms with E-state index in [9.17, 15) is 4.39 Å². The maximum Gasteiger partial charge on any atom is 0.229 e. The second-order valence-electron chi connectivity index (χ2n) is 3.94. The number of hydrogen-bond acceptors (Lipinski definition) is 5. The Kier molecular flexibility index (Phi) is 4.47. The van der Waals surface area contributed by atoms with Gasteiger partial charge in [-0.25, -0.2) is 4.39 Å². The molecule has 1 aromatic heterocycles. The van der Waals surface area contributed by atoms with Crippen molar-refractivity contribution in [3.05, 3.63) is 34.9 Å². The normalized spacial score (nSPS) is 12.6. The van der Waals surface area contributed by atoms with Crippen molar-refractivity contribution in [2.75, 3.05) is 13.7 Å². The van der Waals surface area contributed by atoms with Crippen LogP contribution in [0.3, 0.4) is 0 Å². The lowest BCUT2D eigenvalue weighted by atomic mass is 10.2. The van der Waals surface area contributed by atoms with Gasteiger partial charge in [-0.05, 0) is 18.2 Å². The Morgan fingerprint density at radius 3 is 2.95 bits per heavy atom. The van der Waals surface area contributed by atoms with Gasteiger partial charge in [0.1, 0.15) is 5.82 Å². The summed E-state index contributed by atoms with van der Waals surface area (Å²) in [6, 6.07) is 4.24. The monoisotopic (exact) mass is 285 g/mol. The topological polar surface area (TPSA) is 74.2 Å². The van der Waals surface area contributed by atoms with Crippen LogP contribution in [0.15, 0.2) is 22.7 Å². The minimum Gasteiger partial charge on any atom is -0.380 e. The van der Waals surface area contributed by atoms with Crippen LogP contribution in [0.1, 0.15) is 5.89 Å². The highest BCUT2D eigenvalue weighted by atomic mass is 35.5. The molecule has 0 fully saturated rings. The summed E-state index contributed by atoms with van der Waals surface area (Å²) in [6.45, 7) is 0.358. The molecule has 2 N–H and O–H groups in total. The summed E-state index contributed by atoms with van der Waals surface area (Å²) in [5, 5.41) is 3.83.